The zero-order valence-electron chi connectivity index (χ0n) is 6.34. The zero-order chi connectivity index (χ0) is 8.23. The summed E-state index contributed by atoms with van der Waals surface area (Å²) in [6, 6.07) is 0. The molecule has 0 aliphatic carbocycles. The van der Waals surface area contributed by atoms with Crippen LogP contribution in [0, 0.1) is 6.20 Å². The predicted molar refractivity (Wildman–Crippen MR) is 43.0 cm³/mol. The Morgan fingerprint density at radius 3 is 3.00 bits per heavy atom. The van der Waals surface area contributed by atoms with Crippen molar-refractivity contribution < 1.29 is 4.74 Å². The van der Waals surface area contributed by atoms with Gasteiger partial charge in [0.25, 0.3) is 0 Å². The van der Waals surface area contributed by atoms with Crippen LogP contribution in [0.3, 0.4) is 0 Å². The molecular weight excluding hydrogens is 152 g/mol. The van der Waals surface area contributed by atoms with E-state index >= 15 is 0 Å². The average Bonchev–Trinajstić information content (AvgIpc) is 2.21. The highest BCUT2D eigenvalue weighted by Crippen LogP contribution is 2.17. The van der Waals surface area contributed by atoms with Crippen LogP contribution in [0.5, 0.6) is 0 Å². The third-order valence-corrected chi connectivity index (χ3v) is 1.50. The van der Waals surface area contributed by atoms with Crippen LogP contribution in [0.15, 0.2) is 36.9 Å². The van der Waals surface area contributed by atoms with Crippen LogP contribution in [0.4, 0.5) is 0 Å². The van der Waals surface area contributed by atoms with Crippen LogP contribution >= 0.6 is 0 Å². The predicted octanol–water partition coefficient (Wildman–Crippen LogP) is 1.42. The molecule has 59 valence electrons. The molecule has 0 saturated heterocycles. The van der Waals surface area contributed by atoms with Crippen molar-refractivity contribution in [2.75, 3.05) is 0 Å². The van der Waals surface area contributed by atoms with E-state index in [-0.39, 0.29) is 6.10 Å². The Kier molecular flexibility index (Phi) is 1.86. The van der Waals surface area contributed by atoms with Gasteiger partial charge in [0.2, 0.25) is 0 Å². The molecule has 1 aromatic heterocycles. The zero-order valence-corrected chi connectivity index (χ0v) is 6.34. The summed E-state index contributed by atoms with van der Waals surface area (Å²) in [5, 5.41) is 0. The molecule has 2 heterocycles. The van der Waals surface area contributed by atoms with Gasteiger partial charge in [-0.25, -0.2) is 0 Å². The van der Waals surface area contributed by atoms with Gasteiger partial charge in [0.05, 0.1) is 6.26 Å². The molecule has 12 heavy (non-hydrogen) atoms. The minimum Gasteiger partial charge on any atom is -0.488 e. The molecule has 1 aromatic rings. The van der Waals surface area contributed by atoms with E-state index in [1.165, 1.54) is 0 Å². The van der Waals surface area contributed by atoms with Crippen molar-refractivity contribution in [3.05, 3.63) is 48.8 Å². The number of rotatable bonds is 1. The van der Waals surface area contributed by atoms with E-state index in [4.69, 9.17) is 4.74 Å². The SMILES string of the molecule is [c]1nccnc1C1C=CC=CO1. The van der Waals surface area contributed by atoms with E-state index in [9.17, 15) is 0 Å². The molecule has 0 spiro atoms. The Morgan fingerprint density at radius 2 is 2.33 bits per heavy atom. The highest BCUT2D eigenvalue weighted by atomic mass is 16.5. The van der Waals surface area contributed by atoms with Crippen molar-refractivity contribution in [1.29, 1.82) is 0 Å². The van der Waals surface area contributed by atoms with Crippen molar-refractivity contribution in [2.45, 2.75) is 6.10 Å². The molecule has 2 rings (SSSR count). The smallest absolute Gasteiger partial charge is 0.160 e. The molecule has 1 unspecified atom stereocenters. The Bertz CT molecular complexity index is 306. The summed E-state index contributed by atoms with van der Waals surface area (Å²) >= 11 is 0. The van der Waals surface area contributed by atoms with Gasteiger partial charge < -0.3 is 4.74 Å². The molecule has 3 heteroatoms. The topological polar surface area (TPSA) is 35.0 Å². The second-order valence-corrected chi connectivity index (χ2v) is 2.32. The Labute approximate surface area is 70.4 Å². The summed E-state index contributed by atoms with van der Waals surface area (Å²) < 4.78 is 5.26. The van der Waals surface area contributed by atoms with E-state index in [2.05, 4.69) is 16.2 Å². The maximum Gasteiger partial charge on any atom is 0.160 e. The second kappa shape index (κ2) is 3.17. The van der Waals surface area contributed by atoms with Gasteiger partial charge in [0.1, 0.15) is 11.9 Å². The number of hydrogen-bond donors (Lipinski definition) is 0. The lowest BCUT2D eigenvalue weighted by atomic mass is 10.2. The molecule has 1 radical (unpaired) electrons. The van der Waals surface area contributed by atoms with Crippen LogP contribution in [-0.2, 0) is 4.74 Å². The van der Waals surface area contributed by atoms with Gasteiger partial charge in [-0.3, -0.25) is 9.97 Å². The van der Waals surface area contributed by atoms with Gasteiger partial charge in [0, 0.05) is 12.4 Å². The maximum absolute atomic E-state index is 5.26. The van der Waals surface area contributed by atoms with Gasteiger partial charge in [-0.2, -0.15) is 0 Å². The van der Waals surface area contributed by atoms with Crippen LogP contribution in [0.1, 0.15) is 11.8 Å². The van der Waals surface area contributed by atoms with E-state index < -0.39 is 0 Å². The number of ether oxygens (including phenoxy) is 1. The van der Waals surface area contributed by atoms with Gasteiger partial charge in [-0.1, -0.05) is 6.08 Å². The van der Waals surface area contributed by atoms with Crippen molar-refractivity contribution in [2.24, 2.45) is 0 Å². The fraction of sp³-hybridized carbons (Fsp3) is 0.111. The minimum absolute atomic E-state index is 0.135. The van der Waals surface area contributed by atoms with E-state index in [0.717, 1.165) is 0 Å². The number of nitrogens with zero attached hydrogens (tertiary/aromatic N) is 2. The van der Waals surface area contributed by atoms with E-state index in [0.29, 0.717) is 5.69 Å². The Hall–Kier alpha value is -1.64. The normalized spacial score (nSPS) is 20.5. The maximum atomic E-state index is 5.26. The fourth-order valence-corrected chi connectivity index (χ4v) is 0.958. The van der Waals surface area contributed by atoms with Crippen molar-refractivity contribution >= 4 is 0 Å². The van der Waals surface area contributed by atoms with Gasteiger partial charge in [0.15, 0.2) is 6.10 Å². The number of hydrogen-bond acceptors (Lipinski definition) is 3. The summed E-state index contributed by atoms with van der Waals surface area (Å²) in [6.07, 6.45) is 13.1. The molecule has 0 fully saturated rings. The van der Waals surface area contributed by atoms with Crippen LogP contribution in [0.2, 0.25) is 0 Å². The summed E-state index contributed by atoms with van der Waals surface area (Å²) in [4.78, 5) is 7.91. The third-order valence-electron chi connectivity index (χ3n) is 1.50. The first-order valence-corrected chi connectivity index (χ1v) is 3.64. The molecule has 1 atom stereocenters. The molecule has 0 N–H and O–H groups in total. The lowest BCUT2D eigenvalue weighted by Crippen LogP contribution is -2.02. The van der Waals surface area contributed by atoms with Crippen molar-refractivity contribution in [3.63, 3.8) is 0 Å². The molecule has 0 saturated carbocycles. The number of allylic oxidation sites excluding steroid dienone is 2. The first kappa shape index (κ1) is 7.03. The van der Waals surface area contributed by atoms with Gasteiger partial charge in [-0.15, -0.1) is 0 Å². The van der Waals surface area contributed by atoms with Crippen molar-refractivity contribution in [1.82, 2.24) is 9.97 Å². The van der Waals surface area contributed by atoms with Crippen LogP contribution in [0.25, 0.3) is 0 Å². The lowest BCUT2D eigenvalue weighted by molar-refractivity contribution is 0.181. The largest absolute Gasteiger partial charge is 0.488 e. The molecular formula is C9H7N2O. The van der Waals surface area contributed by atoms with Crippen LogP contribution < -0.4 is 0 Å². The quantitative estimate of drug-likeness (QED) is 0.621. The highest BCUT2D eigenvalue weighted by Gasteiger charge is 2.10. The van der Waals surface area contributed by atoms with E-state index in [1.54, 1.807) is 18.7 Å². The standard InChI is InChI=1S/C9H7N2O/c1-2-6-12-9(3-1)8-7-10-4-5-11-8/h1-6,9H. The summed E-state index contributed by atoms with van der Waals surface area (Å²) in [5.74, 6) is 0. The molecule has 1 aliphatic heterocycles. The van der Waals surface area contributed by atoms with Gasteiger partial charge >= 0.3 is 0 Å². The van der Waals surface area contributed by atoms with Crippen molar-refractivity contribution in [3.8, 4) is 0 Å². The molecule has 0 aromatic carbocycles. The molecule has 3 nitrogen and oxygen atoms in total. The fourth-order valence-electron chi connectivity index (χ4n) is 0.958. The minimum atomic E-state index is -0.135. The monoisotopic (exact) mass is 159 g/mol. The molecule has 0 amide bonds. The summed E-state index contributed by atoms with van der Waals surface area (Å²) in [6.45, 7) is 0. The van der Waals surface area contributed by atoms with E-state index in [1.807, 2.05) is 18.2 Å². The second-order valence-electron chi connectivity index (χ2n) is 2.32. The molecule has 0 bridgehead atoms. The summed E-state index contributed by atoms with van der Waals surface area (Å²) in [7, 11) is 0. The Balaban J connectivity index is 2.21. The first-order chi connectivity index (χ1) is 5.97. The highest BCUT2D eigenvalue weighted by molar-refractivity contribution is 5.14. The lowest BCUT2D eigenvalue weighted by Gasteiger charge is -2.12. The number of aromatic nitrogens is 2. The average molecular weight is 159 g/mol. The first-order valence-electron chi connectivity index (χ1n) is 3.64. The Morgan fingerprint density at radius 1 is 1.33 bits per heavy atom. The van der Waals surface area contributed by atoms with Gasteiger partial charge in [-0.05, 0) is 12.2 Å². The summed E-state index contributed by atoms with van der Waals surface area (Å²) in [5.41, 5.74) is 0.707. The third kappa shape index (κ3) is 1.34. The van der Waals surface area contributed by atoms with Crippen LogP contribution in [-0.4, -0.2) is 9.97 Å². The molecule has 1 aliphatic rings.